The maximum atomic E-state index is 12.7. The summed E-state index contributed by atoms with van der Waals surface area (Å²) in [4.78, 5) is 46.8. The van der Waals surface area contributed by atoms with Gasteiger partial charge in [0.25, 0.3) is 5.91 Å². The van der Waals surface area contributed by atoms with Gasteiger partial charge in [-0.3, -0.25) is 14.5 Å². The maximum absolute atomic E-state index is 12.7. The minimum atomic E-state index is -0.432. The Bertz CT molecular complexity index is 710. The van der Waals surface area contributed by atoms with Crippen LogP contribution in [0.1, 0.15) is 47.3 Å². The van der Waals surface area contributed by atoms with Crippen molar-refractivity contribution in [3.8, 4) is 0 Å². The number of aryl methyl sites for hydroxylation is 1. The van der Waals surface area contributed by atoms with E-state index in [0.717, 1.165) is 0 Å². The predicted molar refractivity (Wildman–Crippen MR) is 105 cm³/mol. The number of hydrogen-bond donors (Lipinski definition) is 0. The van der Waals surface area contributed by atoms with E-state index in [0.29, 0.717) is 69.4 Å². The fourth-order valence-electron chi connectivity index (χ4n) is 3.24. The molecule has 0 aliphatic carbocycles. The first-order valence-corrected chi connectivity index (χ1v) is 9.85. The minimum absolute atomic E-state index is 0.122. The molecule has 0 N–H and O–H groups in total. The van der Waals surface area contributed by atoms with Crippen molar-refractivity contribution < 1.29 is 19.1 Å². The number of pyridine rings is 1. The maximum Gasteiger partial charge on any atom is 0.339 e. The SMILES string of the molecule is CCOC(=O)c1ccc(C(=O)N2CCN(CC(=O)N(CC)CC)CC2)nc1C. The van der Waals surface area contributed by atoms with Gasteiger partial charge in [-0.2, -0.15) is 0 Å². The Labute approximate surface area is 166 Å². The summed E-state index contributed by atoms with van der Waals surface area (Å²) >= 11 is 0. The average Bonchev–Trinajstić information content (AvgIpc) is 2.69. The number of esters is 1. The molecule has 1 aromatic rings. The van der Waals surface area contributed by atoms with E-state index in [2.05, 4.69) is 9.88 Å². The van der Waals surface area contributed by atoms with Gasteiger partial charge in [0.2, 0.25) is 5.91 Å². The lowest BCUT2D eigenvalue weighted by molar-refractivity contribution is -0.132. The number of rotatable bonds is 7. The number of hydrogen-bond acceptors (Lipinski definition) is 6. The topological polar surface area (TPSA) is 83.1 Å². The van der Waals surface area contributed by atoms with Crippen molar-refractivity contribution in [2.75, 3.05) is 52.4 Å². The number of nitrogens with zero attached hydrogens (tertiary/aromatic N) is 4. The summed E-state index contributed by atoms with van der Waals surface area (Å²) in [5, 5.41) is 0. The first-order chi connectivity index (χ1) is 13.4. The van der Waals surface area contributed by atoms with Crippen molar-refractivity contribution in [1.29, 1.82) is 0 Å². The molecule has 8 heteroatoms. The molecule has 0 spiro atoms. The Morgan fingerprint density at radius 3 is 2.25 bits per heavy atom. The van der Waals surface area contributed by atoms with E-state index in [9.17, 15) is 14.4 Å². The number of amides is 2. The second kappa shape index (κ2) is 10.2. The van der Waals surface area contributed by atoms with Gasteiger partial charge in [-0.05, 0) is 39.8 Å². The number of carbonyl (C=O) groups excluding carboxylic acids is 3. The summed E-state index contributed by atoms with van der Waals surface area (Å²) in [7, 11) is 0. The highest BCUT2D eigenvalue weighted by molar-refractivity contribution is 5.95. The molecule has 8 nitrogen and oxygen atoms in total. The van der Waals surface area contributed by atoms with Gasteiger partial charge in [0, 0.05) is 39.3 Å². The highest BCUT2D eigenvalue weighted by Gasteiger charge is 2.25. The molecule has 0 atom stereocenters. The number of likely N-dealkylation sites (N-methyl/N-ethyl adjacent to an activating group) is 1. The lowest BCUT2D eigenvalue weighted by Gasteiger charge is -2.35. The fraction of sp³-hybridized carbons (Fsp3) is 0.600. The van der Waals surface area contributed by atoms with Crippen LogP contribution < -0.4 is 0 Å². The van der Waals surface area contributed by atoms with Crippen molar-refractivity contribution in [1.82, 2.24) is 19.7 Å². The highest BCUT2D eigenvalue weighted by atomic mass is 16.5. The van der Waals surface area contributed by atoms with Gasteiger partial charge < -0.3 is 14.5 Å². The van der Waals surface area contributed by atoms with Gasteiger partial charge in [0.15, 0.2) is 0 Å². The molecule has 154 valence electrons. The molecule has 2 amide bonds. The third-order valence-corrected chi connectivity index (χ3v) is 4.93. The summed E-state index contributed by atoms with van der Waals surface area (Å²) in [6.07, 6.45) is 0. The van der Waals surface area contributed by atoms with Gasteiger partial charge in [0.1, 0.15) is 5.69 Å². The Morgan fingerprint density at radius 2 is 1.71 bits per heavy atom. The van der Waals surface area contributed by atoms with E-state index in [1.54, 1.807) is 30.9 Å². The molecule has 1 aromatic heterocycles. The summed E-state index contributed by atoms with van der Waals surface area (Å²) in [5.74, 6) is -0.470. The van der Waals surface area contributed by atoms with Crippen LogP contribution in [0.3, 0.4) is 0 Å². The molecule has 1 saturated heterocycles. The van der Waals surface area contributed by atoms with Crippen LogP contribution >= 0.6 is 0 Å². The van der Waals surface area contributed by atoms with E-state index in [-0.39, 0.29) is 11.8 Å². The second-order valence-electron chi connectivity index (χ2n) is 6.68. The summed E-state index contributed by atoms with van der Waals surface area (Å²) in [5.41, 5.74) is 1.17. The minimum Gasteiger partial charge on any atom is -0.462 e. The monoisotopic (exact) mass is 390 g/mol. The predicted octanol–water partition coefficient (Wildman–Crippen LogP) is 1.19. The molecule has 0 bridgehead atoms. The summed E-state index contributed by atoms with van der Waals surface area (Å²) in [6, 6.07) is 3.16. The first kappa shape index (κ1) is 21.8. The van der Waals surface area contributed by atoms with Crippen LogP contribution in [0.4, 0.5) is 0 Å². The zero-order valence-corrected chi connectivity index (χ0v) is 17.2. The molecule has 28 heavy (non-hydrogen) atoms. The average molecular weight is 390 g/mol. The van der Waals surface area contributed by atoms with Crippen molar-refractivity contribution in [2.45, 2.75) is 27.7 Å². The van der Waals surface area contributed by atoms with Gasteiger partial charge in [-0.25, -0.2) is 9.78 Å². The Morgan fingerprint density at radius 1 is 1.07 bits per heavy atom. The number of piperazine rings is 1. The van der Waals surface area contributed by atoms with E-state index < -0.39 is 5.97 Å². The highest BCUT2D eigenvalue weighted by Crippen LogP contribution is 2.12. The van der Waals surface area contributed by atoms with E-state index >= 15 is 0 Å². The molecule has 0 radical (unpaired) electrons. The lowest BCUT2D eigenvalue weighted by atomic mass is 10.1. The van der Waals surface area contributed by atoms with Gasteiger partial charge >= 0.3 is 5.97 Å². The zero-order valence-electron chi connectivity index (χ0n) is 17.2. The van der Waals surface area contributed by atoms with Crippen molar-refractivity contribution in [2.24, 2.45) is 0 Å². The van der Waals surface area contributed by atoms with Gasteiger partial charge in [-0.15, -0.1) is 0 Å². The third kappa shape index (κ3) is 5.28. The van der Waals surface area contributed by atoms with Crippen LogP contribution in [-0.4, -0.2) is 89.9 Å². The lowest BCUT2D eigenvalue weighted by Crippen LogP contribution is -2.51. The summed E-state index contributed by atoms with van der Waals surface area (Å²) in [6.45, 7) is 11.9. The quantitative estimate of drug-likeness (QED) is 0.651. The first-order valence-electron chi connectivity index (χ1n) is 9.85. The Balaban J connectivity index is 1.94. The zero-order chi connectivity index (χ0) is 20.7. The molecular weight excluding hydrogens is 360 g/mol. The second-order valence-corrected chi connectivity index (χ2v) is 6.68. The molecule has 0 unspecified atom stereocenters. The molecule has 1 aliphatic rings. The number of ether oxygens (including phenoxy) is 1. The van der Waals surface area contributed by atoms with Crippen LogP contribution in [-0.2, 0) is 9.53 Å². The van der Waals surface area contributed by atoms with Crippen molar-refractivity contribution in [3.63, 3.8) is 0 Å². The Kier molecular flexibility index (Phi) is 7.92. The molecule has 2 rings (SSSR count). The summed E-state index contributed by atoms with van der Waals surface area (Å²) < 4.78 is 4.99. The number of aromatic nitrogens is 1. The molecule has 1 fully saturated rings. The smallest absolute Gasteiger partial charge is 0.339 e. The van der Waals surface area contributed by atoms with Crippen molar-refractivity contribution in [3.05, 3.63) is 29.1 Å². The van der Waals surface area contributed by atoms with Crippen molar-refractivity contribution >= 4 is 17.8 Å². The van der Waals surface area contributed by atoms with Crippen LogP contribution in [0.5, 0.6) is 0 Å². The van der Waals surface area contributed by atoms with Gasteiger partial charge in [0.05, 0.1) is 24.4 Å². The molecule has 0 aromatic carbocycles. The van der Waals surface area contributed by atoms with E-state index in [4.69, 9.17) is 4.74 Å². The third-order valence-electron chi connectivity index (χ3n) is 4.93. The molecule has 0 saturated carbocycles. The van der Waals surface area contributed by atoms with Gasteiger partial charge in [-0.1, -0.05) is 0 Å². The molecule has 2 heterocycles. The van der Waals surface area contributed by atoms with Crippen LogP contribution in [0.2, 0.25) is 0 Å². The molecule has 1 aliphatic heterocycles. The van der Waals surface area contributed by atoms with E-state index in [1.807, 2.05) is 18.7 Å². The normalized spacial score (nSPS) is 14.6. The fourth-order valence-corrected chi connectivity index (χ4v) is 3.24. The van der Waals surface area contributed by atoms with Crippen LogP contribution in [0.15, 0.2) is 12.1 Å². The van der Waals surface area contributed by atoms with Crippen LogP contribution in [0, 0.1) is 6.92 Å². The van der Waals surface area contributed by atoms with Crippen LogP contribution in [0.25, 0.3) is 0 Å². The van der Waals surface area contributed by atoms with E-state index in [1.165, 1.54) is 0 Å². The Hall–Kier alpha value is -2.48. The number of carbonyl (C=O) groups is 3. The standard InChI is InChI=1S/C20H30N4O4/c1-5-23(6-2)18(25)14-22-10-12-24(13-11-22)19(26)17-9-8-16(15(4)21-17)20(27)28-7-3/h8-9H,5-7,10-14H2,1-4H3. The molecular formula is C20H30N4O4. The largest absolute Gasteiger partial charge is 0.462 e.